The van der Waals surface area contributed by atoms with E-state index in [1.807, 2.05) is 0 Å². The van der Waals surface area contributed by atoms with Crippen molar-refractivity contribution in [1.29, 1.82) is 0 Å². The van der Waals surface area contributed by atoms with Crippen molar-refractivity contribution in [2.75, 3.05) is 5.32 Å². The van der Waals surface area contributed by atoms with E-state index in [1.54, 1.807) is 23.7 Å². The zero-order valence-electron chi connectivity index (χ0n) is 15.5. The maximum absolute atomic E-state index is 13.1. The van der Waals surface area contributed by atoms with E-state index in [1.165, 1.54) is 24.9 Å². The van der Waals surface area contributed by atoms with Gasteiger partial charge in [0.1, 0.15) is 18.5 Å². The number of nitro groups is 1. The molecular formula is C19H21N5O4. The van der Waals surface area contributed by atoms with E-state index < -0.39 is 11.0 Å². The minimum absolute atomic E-state index is 0.0106. The molecule has 9 nitrogen and oxygen atoms in total. The Morgan fingerprint density at radius 3 is 2.64 bits per heavy atom. The predicted octanol–water partition coefficient (Wildman–Crippen LogP) is 3.35. The number of esters is 1. The summed E-state index contributed by atoms with van der Waals surface area (Å²) in [6.45, 7) is 1.80. The van der Waals surface area contributed by atoms with Gasteiger partial charge in [0.15, 0.2) is 0 Å². The number of fused-ring (bicyclic) bond motifs is 1. The third-order valence-electron chi connectivity index (χ3n) is 5.26. The van der Waals surface area contributed by atoms with Gasteiger partial charge >= 0.3 is 5.97 Å². The van der Waals surface area contributed by atoms with Crippen molar-refractivity contribution in [3.63, 3.8) is 0 Å². The normalized spacial score (nSPS) is 19.7. The van der Waals surface area contributed by atoms with Crippen molar-refractivity contribution < 1.29 is 14.5 Å². The van der Waals surface area contributed by atoms with Crippen LogP contribution in [0.2, 0.25) is 0 Å². The van der Waals surface area contributed by atoms with E-state index >= 15 is 0 Å². The summed E-state index contributed by atoms with van der Waals surface area (Å²) < 4.78 is 7.40. The molecule has 1 aromatic heterocycles. The van der Waals surface area contributed by atoms with Gasteiger partial charge in [-0.1, -0.05) is 6.42 Å². The molecule has 0 radical (unpaired) electrons. The second kappa shape index (κ2) is 7.41. The Balaban J connectivity index is 1.69. The van der Waals surface area contributed by atoms with E-state index in [-0.39, 0.29) is 17.8 Å². The molecule has 1 aliphatic heterocycles. The highest BCUT2D eigenvalue weighted by molar-refractivity contribution is 5.92. The van der Waals surface area contributed by atoms with Gasteiger partial charge < -0.3 is 10.1 Å². The predicted molar refractivity (Wildman–Crippen MR) is 101 cm³/mol. The average molecular weight is 383 g/mol. The molecule has 9 heteroatoms. The Morgan fingerprint density at radius 2 is 1.96 bits per heavy atom. The van der Waals surface area contributed by atoms with Crippen LogP contribution in [0.25, 0.3) is 0 Å². The van der Waals surface area contributed by atoms with Crippen molar-refractivity contribution in [3.05, 3.63) is 57.5 Å². The second-order valence-electron chi connectivity index (χ2n) is 7.11. The second-order valence-corrected chi connectivity index (χ2v) is 7.11. The average Bonchev–Trinajstić information content (AvgIpc) is 3.15. The summed E-state index contributed by atoms with van der Waals surface area (Å²) in [5.41, 5.74) is 1.78. The molecule has 1 saturated carbocycles. The van der Waals surface area contributed by atoms with E-state index in [9.17, 15) is 14.9 Å². The van der Waals surface area contributed by atoms with Gasteiger partial charge in [0, 0.05) is 17.8 Å². The zero-order valence-corrected chi connectivity index (χ0v) is 15.5. The van der Waals surface area contributed by atoms with E-state index in [4.69, 9.17) is 4.74 Å². The molecule has 0 unspecified atom stereocenters. The molecular weight excluding hydrogens is 362 g/mol. The summed E-state index contributed by atoms with van der Waals surface area (Å²) in [4.78, 5) is 27.8. The molecule has 146 valence electrons. The minimum Gasteiger partial charge on any atom is -0.459 e. The molecule has 1 aliphatic carbocycles. The number of benzene rings is 1. The van der Waals surface area contributed by atoms with Crippen molar-refractivity contribution in [1.82, 2.24) is 14.8 Å². The van der Waals surface area contributed by atoms with Crippen LogP contribution in [0, 0.1) is 10.1 Å². The number of nitrogens with one attached hydrogen (secondary N) is 1. The fourth-order valence-electron chi connectivity index (χ4n) is 3.84. The summed E-state index contributed by atoms with van der Waals surface area (Å²) in [7, 11) is 0. The van der Waals surface area contributed by atoms with Gasteiger partial charge in [0.05, 0.1) is 10.5 Å². The topological polar surface area (TPSA) is 112 Å². The summed E-state index contributed by atoms with van der Waals surface area (Å²) >= 11 is 0. The molecule has 0 saturated heterocycles. The number of carbonyl (C=O) groups is 1. The fourth-order valence-corrected chi connectivity index (χ4v) is 3.84. The number of non-ortho nitro benzene ring substituents is 1. The molecule has 1 N–H and O–H groups in total. The largest absolute Gasteiger partial charge is 0.459 e. The minimum atomic E-state index is -0.560. The van der Waals surface area contributed by atoms with Crippen molar-refractivity contribution in [3.8, 4) is 0 Å². The maximum atomic E-state index is 13.1. The number of nitro benzene ring substituents is 1. The lowest BCUT2D eigenvalue weighted by atomic mass is 9.94. The molecule has 2 heterocycles. The zero-order chi connectivity index (χ0) is 19.7. The first-order chi connectivity index (χ1) is 13.5. The lowest BCUT2D eigenvalue weighted by Gasteiger charge is -2.30. The van der Waals surface area contributed by atoms with Gasteiger partial charge in [-0.15, -0.1) is 0 Å². The highest BCUT2D eigenvalue weighted by Crippen LogP contribution is 2.36. The first-order valence-corrected chi connectivity index (χ1v) is 9.37. The van der Waals surface area contributed by atoms with Gasteiger partial charge in [0.25, 0.3) is 5.69 Å². The van der Waals surface area contributed by atoms with E-state index in [0.29, 0.717) is 22.8 Å². The van der Waals surface area contributed by atoms with Crippen molar-refractivity contribution >= 4 is 17.6 Å². The molecule has 0 bridgehead atoms. The number of nitrogens with zero attached hydrogens (tertiary/aromatic N) is 4. The number of hydrogen-bond acceptors (Lipinski definition) is 7. The fraction of sp³-hybridized carbons (Fsp3) is 0.421. The van der Waals surface area contributed by atoms with Crippen molar-refractivity contribution in [2.45, 2.75) is 51.2 Å². The quantitative estimate of drug-likeness (QED) is 0.489. The van der Waals surface area contributed by atoms with Crippen LogP contribution in [0.5, 0.6) is 0 Å². The maximum Gasteiger partial charge on any atom is 0.338 e. The van der Waals surface area contributed by atoms with Gasteiger partial charge in [-0.3, -0.25) is 10.1 Å². The van der Waals surface area contributed by atoms with Crippen LogP contribution in [0.3, 0.4) is 0 Å². The molecule has 4 rings (SSSR count). The Bertz CT molecular complexity index is 928. The highest BCUT2D eigenvalue weighted by Gasteiger charge is 2.35. The number of hydrogen-bond donors (Lipinski definition) is 1. The molecule has 1 aromatic carbocycles. The number of allylic oxidation sites excluding steroid dienone is 1. The molecule has 1 fully saturated rings. The Morgan fingerprint density at radius 1 is 1.25 bits per heavy atom. The third-order valence-corrected chi connectivity index (χ3v) is 5.26. The molecule has 0 spiro atoms. The number of ether oxygens (including phenoxy) is 1. The lowest BCUT2D eigenvalue weighted by Crippen LogP contribution is -2.32. The SMILES string of the molecule is CC1=C(C(=O)OC2CCCCC2)[C@H](c2ccc([N+](=O)[O-])cc2)n2ncnc2N1. The van der Waals surface area contributed by atoms with Crippen LogP contribution in [0.4, 0.5) is 11.6 Å². The van der Waals surface area contributed by atoms with E-state index in [2.05, 4.69) is 15.4 Å². The van der Waals surface area contributed by atoms with Crippen LogP contribution < -0.4 is 5.32 Å². The smallest absolute Gasteiger partial charge is 0.338 e. The van der Waals surface area contributed by atoms with Gasteiger partial charge in [-0.25, -0.2) is 9.48 Å². The van der Waals surface area contributed by atoms with Crippen LogP contribution in [0.15, 0.2) is 41.9 Å². The monoisotopic (exact) mass is 383 g/mol. The summed E-state index contributed by atoms with van der Waals surface area (Å²) in [6, 6.07) is 5.57. The van der Waals surface area contributed by atoms with Gasteiger partial charge in [0.2, 0.25) is 5.95 Å². The molecule has 2 aliphatic rings. The number of anilines is 1. The summed E-state index contributed by atoms with van der Waals surface area (Å²) in [6.07, 6.45) is 6.38. The number of aromatic nitrogens is 3. The molecule has 0 amide bonds. The number of carbonyl (C=O) groups excluding carboxylic acids is 1. The van der Waals surface area contributed by atoms with Gasteiger partial charge in [-0.05, 0) is 50.3 Å². The Labute approximate surface area is 161 Å². The van der Waals surface area contributed by atoms with Crippen LogP contribution >= 0.6 is 0 Å². The standard InChI is InChI=1S/C19H21N5O4/c1-12-16(18(25)28-15-5-3-2-4-6-15)17(23-19(22-12)20-11-21-23)13-7-9-14(10-8-13)24(26)27/h7-11,15,17H,2-6H2,1H3,(H,20,21,22)/t17-/m0/s1. The van der Waals surface area contributed by atoms with Crippen LogP contribution in [-0.4, -0.2) is 31.8 Å². The molecule has 1 atom stereocenters. The van der Waals surface area contributed by atoms with Crippen LogP contribution in [-0.2, 0) is 9.53 Å². The molecule has 28 heavy (non-hydrogen) atoms. The summed E-state index contributed by atoms with van der Waals surface area (Å²) in [5.74, 6) is 0.122. The Kier molecular flexibility index (Phi) is 4.81. The van der Waals surface area contributed by atoms with Crippen molar-refractivity contribution in [2.24, 2.45) is 0 Å². The number of rotatable bonds is 4. The van der Waals surface area contributed by atoms with Gasteiger partial charge in [-0.2, -0.15) is 10.1 Å². The van der Waals surface area contributed by atoms with Crippen LogP contribution in [0.1, 0.15) is 50.6 Å². The summed E-state index contributed by atoms with van der Waals surface area (Å²) in [5, 5.41) is 18.3. The van der Waals surface area contributed by atoms with E-state index in [0.717, 1.165) is 25.7 Å². The lowest BCUT2D eigenvalue weighted by molar-refractivity contribution is -0.384. The first-order valence-electron chi connectivity index (χ1n) is 9.37. The Hall–Kier alpha value is -3.23. The third kappa shape index (κ3) is 3.35. The molecule has 2 aromatic rings. The first kappa shape index (κ1) is 18.1. The highest BCUT2D eigenvalue weighted by atomic mass is 16.6.